The molecule has 0 spiro atoms. The van der Waals surface area contributed by atoms with Gasteiger partial charge in [0.05, 0.1) is 17.4 Å². The van der Waals surface area contributed by atoms with Crippen LogP contribution in [0.1, 0.15) is 23.6 Å². The molecule has 0 fully saturated rings. The second kappa shape index (κ2) is 6.50. The Morgan fingerprint density at radius 1 is 0.792 bits per heavy atom. The Balaban J connectivity index is 1.74. The number of anilines is 1. The zero-order valence-corrected chi connectivity index (χ0v) is 13.9. The van der Waals surface area contributed by atoms with Crippen LogP contribution in [-0.2, 0) is 0 Å². The normalized spacial score (nSPS) is 17.0. The number of nitrogens with zero attached hydrogens (tertiary/aromatic N) is 2. The molecule has 0 bridgehead atoms. The van der Waals surface area contributed by atoms with Crippen LogP contribution in [-0.4, -0.2) is 5.71 Å². The highest BCUT2D eigenvalue weighted by molar-refractivity contribution is 6.30. The Morgan fingerprint density at radius 2 is 1.42 bits per heavy atom. The van der Waals surface area contributed by atoms with Gasteiger partial charge in [-0.25, -0.2) is 0 Å². The highest BCUT2D eigenvalue weighted by Crippen LogP contribution is 2.36. The molecule has 3 heteroatoms. The van der Waals surface area contributed by atoms with Gasteiger partial charge in [-0.2, -0.15) is 5.10 Å². The van der Waals surface area contributed by atoms with Gasteiger partial charge in [-0.05, 0) is 35.4 Å². The molecule has 0 unspecified atom stereocenters. The Labute approximate surface area is 147 Å². The molecule has 0 aromatic heterocycles. The van der Waals surface area contributed by atoms with E-state index in [1.165, 1.54) is 11.1 Å². The van der Waals surface area contributed by atoms with E-state index in [4.69, 9.17) is 16.7 Å². The molecular formula is C21H17ClN2. The van der Waals surface area contributed by atoms with Gasteiger partial charge in [-0.15, -0.1) is 0 Å². The van der Waals surface area contributed by atoms with E-state index in [2.05, 4.69) is 53.5 Å². The van der Waals surface area contributed by atoms with Gasteiger partial charge in [0.1, 0.15) is 0 Å². The summed E-state index contributed by atoms with van der Waals surface area (Å²) < 4.78 is 0. The van der Waals surface area contributed by atoms with Crippen molar-refractivity contribution >= 4 is 23.0 Å². The molecule has 1 aliphatic rings. The molecule has 3 aromatic carbocycles. The van der Waals surface area contributed by atoms with Crippen molar-refractivity contribution in [1.29, 1.82) is 0 Å². The van der Waals surface area contributed by atoms with Gasteiger partial charge < -0.3 is 0 Å². The maximum absolute atomic E-state index is 6.05. The monoisotopic (exact) mass is 332 g/mol. The zero-order chi connectivity index (χ0) is 16.4. The predicted molar refractivity (Wildman–Crippen MR) is 101 cm³/mol. The SMILES string of the molecule is Clc1ccc([C@@H]2CC(c3ccccc3)=NN2c2ccccc2)cc1. The van der Waals surface area contributed by atoms with E-state index in [-0.39, 0.29) is 6.04 Å². The number of halogens is 1. The maximum atomic E-state index is 6.05. The van der Waals surface area contributed by atoms with Gasteiger partial charge in [0.15, 0.2) is 0 Å². The van der Waals surface area contributed by atoms with Gasteiger partial charge in [0.2, 0.25) is 0 Å². The second-order valence-corrected chi connectivity index (χ2v) is 6.30. The summed E-state index contributed by atoms with van der Waals surface area (Å²) in [6, 6.07) is 28.9. The van der Waals surface area contributed by atoms with Gasteiger partial charge >= 0.3 is 0 Å². The lowest BCUT2D eigenvalue weighted by molar-refractivity contribution is 0.709. The average Bonchev–Trinajstić information content (AvgIpc) is 3.09. The van der Waals surface area contributed by atoms with Crippen LogP contribution in [0.2, 0.25) is 5.02 Å². The average molecular weight is 333 g/mol. The number of hydrazone groups is 1. The molecular weight excluding hydrogens is 316 g/mol. The molecule has 3 aromatic rings. The lowest BCUT2D eigenvalue weighted by Crippen LogP contribution is -2.18. The van der Waals surface area contributed by atoms with Crippen LogP contribution >= 0.6 is 11.6 Å². The molecule has 1 heterocycles. The van der Waals surface area contributed by atoms with Crippen LogP contribution in [0.3, 0.4) is 0 Å². The van der Waals surface area contributed by atoms with E-state index in [0.717, 1.165) is 22.8 Å². The van der Waals surface area contributed by atoms with Crippen molar-refractivity contribution in [1.82, 2.24) is 0 Å². The van der Waals surface area contributed by atoms with Crippen LogP contribution < -0.4 is 5.01 Å². The van der Waals surface area contributed by atoms with Crippen LogP contribution in [0.4, 0.5) is 5.69 Å². The number of rotatable bonds is 3. The first-order valence-electron chi connectivity index (χ1n) is 8.04. The first kappa shape index (κ1) is 15.0. The van der Waals surface area contributed by atoms with Crippen molar-refractivity contribution in [3.63, 3.8) is 0 Å². The summed E-state index contributed by atoms with van der Waals surface area (Å²) in [5.74, 6) is 0. The van der Waals surface area contributed by atoms with Crippen molar-refractivity contribution in [3.8, 4) is 0 Å². The molecule has 1 atom stereocenters. The third kappa shape index (κ3) is 2.93. The number of hydrogen-bond donors (Lipinski definition) is 0. The fourth-order valence-corrected chi connectivity index (χ4v) is 3.20. The molecule has 0 saturated heterocycles. The number of para-hydroxylation sites is 1. The highest BCUT2D eigenvalue weighted by atomic mass is 35.5. The topological polar surface area (TPSA) is 15.6 Å². The Bertz CT molecular complexity index is 842. The van der Waals surface area contributed by atoms with E-state index in [0.29, 0.717) is 0 Å². The van der Waals surface area contributed by atoms with E-state index in [1.54, 1.807) is 0 Å². The van der Waals surface area contributed by atoms with Crippen molar-refractivity contribution in [2.45, 2.75) is 12.5 Å². The van der Waals surface area contributed by atoms with E-state index in [9.17, 15) is 0 Å². The summed E-state index contributed by atoms with van der Waals surface area (Å²) in [5, 5.41) is 7.80. The molecule has 1 aliphatic heterocycles. The summed E-state index contributed by atoms with van der Waals surface area (Å²) in [4.78, 5) is 0. The standard InChI is InChI=1S/C21H17ClN2/c22-18-13-11-17(12-14-18)21-15-20(16-7-3-1-4-8-16)23-24(21)19-9-5-2-6-10-19/h1-14,21H,15H2/t21-/m0/s1. The quantitative estimate of drug-likeness (QED) is 0.601. The summed E-state index contributed by atoms with van der Waals surface area (Å²) in [6.07, 6.45) is 0.876. The highest BCUT2D eigenvalue weighted by Gasteiger charge is 2.29. The van der Waals surface area contributed by atoms with Crippen LogP contribution in [0.15, 0.2) is 90.0 Å². The predicted octanol–water partition coefficient (Wildman–Crippen LogP) is 5.70. The minimum absolute atomic E-state index is 0.180. The largest absolute Gasteiger partial charge is 0.257 e. The summed E-state index contributed by atoms with van der Waals surface area (Å²) in [6.45, 7) is 0. The Morgan fingerprint density at radius 3 is 2.08 bits per heavy atom. The smallest absolute Gasteiger partial charge is 0.0831 e. The molecule has 0 amide bonds. The summed E-state index contributed by atoms with van der Waals surface area (Å²) in [7, 11) is 0. The van der Waals surface area contributed by atoms with Crippen LogP contribution in [0, 0.1) is 0 Å². The molecule has 118 valence electrons. The zero-order valence-electron chi connectivity index (χ0n) is 13.1. The molecule has 0 aliphatic carbocycles. The number of hydrogen-bond acceptors (Lipinski definition) is 2. The fraction of sp³-hybridized carbons (Fsp3) is 0.0952. The third-order valence-electron chi connectivity index (χ3n) is 4.29. The third-order valence-corrected chi connectivity index (χ3v) is 4.54. The lowest BCUT2D eigenvalue weighted by Gasteiger charge is -2.24. The number of benzene rings is 3. The first-order valence-corrected chi connectivity index (χ1v) is 8.42. The summed E-state index contributed by atoms with van der Waals surface area (Å²) in [5.41, 5.74) is 4.61. The second-order valence-electron chi connectivity index (χ2n) is 5.86. The first-order chi connectivity index (χ1) is 11.8. The van der Waals surface area contributed by atoms with E-state index in [1.807, 2.05) is 36.4 Å². The lowest BCUT2D eigenvalue weighted by atomic mass is 9.98. The molecule has 0 N–H and O–H groups in total. The Kier molecular flexibility index (Phi) is 4.06. The van der Waals surface area contributed by atoms with E-state index < -0.39 is 0 Å². The molecule has 0 saturated carbocycles. The van der Waals surface area contributed by atoms with Gasteiger partial charge in [0, 0.05) is 11.4 Å². The van der Waals surface area contributed by atoms with Gasteiger partial charge in [-0.1, -0.05) is 72.3 Å². The van der Waals surface area contributed by atoms with Gasteiger partial charge in [-0.3, -0.25) is 5.01 Å². The minimum Gasteiger partial charge on any atom is -0.257 e. The van der Waals surface area contributed by atoms with E-state index >= 15 is 0 Å². The van der Waals surface area contributed by atoms with Gasteiger partial charge in [0.25, 0.3) is 0 Å². The van der Waals surface area contributed by atoms with Crippen molar-refractivity contribution < 1.29 is 0 Å². The fourth-order valence-electron chi connectivity index (χ4n) is 3.08. The Hall–Kier alpha value is -2.58. The minimum atomic E-state index is 0.180. The van der Waals surface area contributed by atoms with Crippen molar-refractivity contribution in [2.24, 2.45) is 5.10 Å². The molecule has 0 radical (unpaired) electrons. The van der Waals surface area contributed by atoms with Crippen LogP contribution in [0.5, 0.6) is 0 Å². The molecule has 4 rings (SSSR count). The van der Waals surface area contributed by atoms with Crippen molar-refractivity contribution in [2.75, 3.05) is 5.01 Å². The maximum Gasteiger partial charge on any atom is 0.0831 e. The molecule has 2 nitrogen and oxygen atoms in total. The van der Waals surface area contributed by atoms with Crippen molar-refractivity contribution in [3.05, 3.63) is 101 Å². The van der Waals surface area contributed by atoms with Crippen LogP contribution in [0.25, 0.3) is 0 Å². The summed E-state index contributed by atoms with van der Waals surface area (Å²) >= 11 is 6.05. The molecule has 24 heavy (non-hydrogen) atoms.